The van der Waals surface area contributed by atoms with Gasteiger partial charge in [-0.25, -0.2) is 14.4 Å². The number of carbonyl (C=O) groups excluding carboxylic acids is 1. The van der Waals surface area contributed by atoms with Crippen molar-refractivity contribution in [1.82, 2.24) is 19.9 Å². The van der Waals surface area contributed by atoms with Crippen LogP contribution in [0.5, 0.6) is 0 Å². The minimum Gasteiger partial charge on any atom is -0.366 e. The van der Waals surface area contributed by atoms with Crippen molar-refractivity contribution in [2.45, 2.75) is 32.1 Å². The molecule has 0 radical (unpaired) electrons. The second-order valence-electron chi connectivity index (χ2n) is 7.60. The van der Waals surface area contributed by atoms with Crippen LogP contribution in [0.2, 0.25) is 0 Å². The molecule has 9 heteroatoms. The topological polar surface area (TPSA) is 125 Å². The van der Waals surface area contributed by atoms with E-state index in [-0.39, 0.29) is 5.56 Å². The number of aromatic nitrogens is 4. The van der Waals surface area contributed by atoms with E-state index in [1.54, 1.807) is 6.20 Å². The van der Waals surface area contributed by atoms with E-state index < -0.39 is 11.7 Å². The van der Waals surface area contributed by atoms with Crippen molar-refractivity contribution in [2.24, 2.45) is 11.7 Å². The minimum absolute atomic E-state index is 0.0868. The second kappa shape index (κ2) is 8.45. The molecule has 0 aliphatic carbocycles. The number of nitrogens with one attached hydrogen (secondary N) is 1. The van der Waals surface area contributed by atoms with Gasteiger partial charge >= 0.3 is 0 Å². The summed E-state index contributed by atoms with van der Waals surface area (Å²) in [5.41, 5.74) is 7.56. The van der Waals surface area contributed by atoms with E-state index in [9.17, 15) is 9.18 Å². The maximum atomic E-state index is 13.8. The third kappa shape index (κ3) is 4.22. The fourth-order valence-corrected chi connectivity index (χ4v) is 3.97. The Morgan fingerprint density at radius 3 is 2.90 bits per heavy atom. The molecule has 1 amide bonds. The number of primary amides is 1. The van der Waals surface area contributed by atoms with Crippen molar-refractivity contribution in [1.29, 1.82) is 5.26 Å². The average Bonchev–Trinajstić information content (AvgIpc) is 3.02. The van der Waals surface area contributed by atoms with Gasteiger partial charge in [-0.2, -0.15) is 5.26 Å². The highest BCUT2D eigenvalue weighted by Crippen LogP contribution is 2.27. The highest BCUT2D eigenvalue weighted by molar-refractivity contribution is 6.04. The van der Waals surface area contributed by atoms with Crippen LogP contribution in [0.15, 0.2) is 24.5 Å². The number of aromatic amines is 1. The van der Waals surface area contributed by atoms with E-state index in [1.165, 1.54) is 12.3 Å². The SMILES string of the molecule is N#Cc1cnc(CCC2CCCN(c3nc4c(C(N)=O)cc(F)cc4[nH]3)CC2)cn1. The van der Waals surface area contributed by atoms with Crippen LogP contribution in [-0.4, -0.2) is 38.9 Å². The number of aryl methyl sites for hydroxylation is 1. The molecule has 30 heavy (non-hydrogen) atoms. The highest BCUT2D eigenvalue weighted by atomic mass is 19.1. The summed E-state index contributed by atoms with van der Waals surface area (Å²) < 4.78 is 13.8. The van der Waals surface area contributed by atoms with E-state index in [0.717, 1.165) is 57.0 Å². The van der Waals surface area contributed by atoms with E-state index in [2.05, 4.69) is 24.8 Å². The molecule has 0 bridgehead atoms. The van der Waals surface area contributed by atoms with Gasteiger partial charge in [-0.15, -0.1) is 0 Å². The van der Waals surface area contributed by atoms with Crippen LogP contribution in [0.25, 0.3) is 11.0 Å². The number of imidazole rings is 1. The number of benzene rings is 1. The van der Waals surface area contributed by atoms with Crippen LogP contribution in [0, 0.1) is 23.1 Å². The molecule has 3 N–H and O–H groups in total. The van der Waals surface area contributed by atoms with Gasteiger partial charge in [0.05, 0.1) is 23.0 Å². The number of hydrogen-bond donors (Lipinski definition) is 2. The predicted molar refractivity (Wildman–Crippen MR) is 109 cm³/mol. The molecule has 0 saturated carbocycles. The van der Waals surface area contributed by atoms with Crippen LogP contribution in [0.4, 0.5) is 10.3 Å². The fourth-order valence-electron chi connectivity index (χ4n) is 3.97. The summed E-state index contributed by atoms with van der Waals surface area (Å²) in [6.07, 6.45) is 8.12. The maximum absolute atomic E-state index is 13.8. The van der Waals surface area contributed by atoms with E-state index >= 15 is 0 Å². The Bertz CT molecular complexity index is 1100. The molecule has 1 fully saturated rings. The number of hydrogen-bond acceptors (Lipinski definition) is 6. The third-order valence-electron chi connectivity index (χ3n) is 5.58. The Labute approximate surface area is 173 Å². The first kappa shape index (κ1) is 19.8. The molecular formula is C21H22FN7O. The molecule has 2 aromatic heterocycles. The summed E-state index contributed by atoms with van der Waals surface area (Å²) >= 11 is 0. The first-order valence-corrected chi connectivity index (χ1v) is 9.98. The average molecular weight is 407 g/mol. The lowest BCUT2D eigenvalue weighted by molar-refractivity contribution is 0.100. The van der Waals surface area contributed by atoms with E-state index in [0.29, 0.717) is 28.6 Å². The predicted octanol–water partition coefficient (Wildman–Crippen LogP) is 2.70. The Kier molecular flexibility index (Phi) is 5.57. The summed E-state index contributed by atoms with van der Waals surface area (Å²) in [6, 6.07) is 4.43. The monoisotopic (exact) mass is 407 g/mol. The second-order valence-corrected chi connectivity index (χ2v) is 7.60. The molecule has 0 spiro atoms. The Balaban J connectivity index is 1.42. The summed E-state index contributed by atoms with van der Waals surface area (Å²) in [5.74, 6) is -0.0279. The van der Waals surface area contributed by atoms with Gasteiger partial charge in [-0.1, -0.05) is 0 Å². The normalized spacial score (nSPS) is 16.9. The standard InChI is InChI=1S/C21H22FN7O/c22-14-8-17(20(24)30)19-18(9-14)27-21(28-19)29-6-1-2-13(5-7-29)3-4-15-11-26-16(10-23)12-25-15/h8-9,11-13H,1-7H2,(H2,24,30)(H,27,28). The number of fused-ring (bicyclic) bond motifs is 1. The molecular weight excluding hydrogens is 385 g/mol. The Morgan fingerprint density at radius 2 is 2.17 bits per heavy atom. The number of nitrogens with zero attached hydrogens (tertiary/aromatic N) is 5. The first-order chi connectivity index (χ1) is 14.5. The maximum Gasteiger partial charge on any atom is 0.251 e. The summed E-state index contributed by atoms with van der Waals surface area (Å²) in [7, 11) is 0. The van der Waals surface area contributed by atoms with Gasteiger partial charge in [0.25, 0.3) is 5.91 Å². The third-order valence-corrected chi connectivity index (χ3v) is 5.58. The van der Waals surface area contributed by atoms with Crippen LogP contribution in [-0.2, 0) is 6.42 Å². The number of carbonyl (C=O) groups is 1. The van der Waals surface area contributed by atoms with Crippen LogP contribution in [0.3, 0.4) is 0 Å². The number of nitriles is 1. The van der Waals surface area contributed by atoms with Gasteiger partial charge in [0.15, 0.2) is 5.69 Å². The lowest BCUT2D eigenvalue weighted by Gasteiger charge is -2.19. The molecule has 1 aliphatic rings. The molecule has 3 heterocycles. The van der Waals surface area contributed by atoms with Crippen molar-refractivity contribution in [2.75, 3.05) is 18.0 Å². The number of H-pyrrole nitrogens is 1. The van der Waals surface area contributed by atoms with Gasteiger partial charge < -0.3 is 15.6 Å². The van der Waals surface area contributed by atoms with Crippen LogP contribution in [0.1, 0.15) is 47.4 Å². The summed E-state index contributed by atoms with van der Waals surface area (Å²) in [6.45, 7) is 1.65. The molecule has 3 aromatic rings. The zero-order valence-corrected chi connectivity index (χ0v) is 16.4. The number of anilines is 1. The van der Waals surface area contributed by atoms with Crippen molar-refractivity contribution >= 4 is 22.9 Å². The van der Waals surface area contributed by atoms with Crippen molar-refractivity contribution < 1.29 is 9.18 Å². The van der Waals surface area contributed by atoms with Crippen LogP contribution < -0.4 is 10.6 Å². The van der Waals surface area contributed by atoms with Gasteiger partial charge in [-0.3, -0.25) is 9.78 Å². The van der Waals surface area contributed by atoms with Gasteiger partial charge in [0.1, 0.15) is 17.4 Å². The highest BCUT2D eigenvalue weighted by Gasteiger charge is 2.21. The van der Waals surface area contributed by atoms with Crippen LogP contribution >= 0.6 is 0 Å². The molecule has 1 unspecified atom stereocenters. The van der Waals surface area contributed by atoms with E-state index in [1.807, 2.05) is 6.07 Å². The fraction of sp³-hybridized carbons (Fsp3) is 0.381. The number of nitrogens with two attached hydrogens (primary N) is 1. The molecule has 154 valence electrons. The lowest BCUT2D eigenvalue weighted by atomic mass is 9.94. The number of amides is 1. The lowest BCUT2D eigenvalue weighted by Crippen LogP contribution is -2.25. The van der Waals surface area contributed by atoms with Crippen molar-refractivity contribution in [3.05, 3.63) is 47.3 Å². The van der Waals surface area contributed by atoms with E-state index in [4.69, 9.17) is 11.0 Å². The summed E-state index contributed by atoms with van der Waals surface area (Å²) in [4.78, 5) is 29.8. The Morgan fingerprint density at radius 1 is 1.30 bits per heavy atom. The first-order valence-electron chi connectivity index (χ1n) is 9.98. The van der Waals surface area contributed by atoms with Gasteiger partial charge in [0, 0.05) is 19.3 Å². The quantitative estimate of drug-likeness (QED) is 0.670. The number of rotatable bonds is 5. The van der Waals surface area contributed by atoms with Crippen molar-refractivity contribution in [3.8, 4) is 6.07 Å². The molecule has 4 rings (SSSR count). The molecule has 1 aliphatic heterocycles. The summed E-state index contributed by atoms with van der Waals surface area (Å²) in [5, 5.41) is 8.81. The number of halogens is 1. The molecule has 1 atom stereocenters. The zero-order chi connectivity index (χ0) is 21.1. The Hall–Kier alpha value is -3.54. The van der Waals surface area contributed by atoms with Gasteiger partial charge in [-0.05, 0) is 50.2 Å². The minimum atomic E-state index is -0.695. The molecule has 8 nitrogen and oxygen atoms in total. The van der Waals surface area contributed by atoms with Gasteiger partial charge in [0.2, 0.25) is 5.95 Å². The largest absolute Gasteiger partial charge is 0.366 e. The molecule has 1 saturated heterocycles. The van der Waals surface area contributed by atoms with Crippen molar-refractivity contribution in [3.63, 3.8) is 0 Å². The zero-order valence-electron chi connectivity index (χ0n) is 16.4. The molecule has 1 aromatic carbocycles. The smallest absolute Gasteiger partial charge is 0.251 e.